The van der Waals surface area contributed by atoms with Crippen LogP contribution < -0.4 is 5.56 Å². The zero-order valence-electron chi connectivity index (χ0n) is 16.1. The third kappa shape index (κ3) is 3.33. The molecule has 0 atom stereocenters. The number of H-pyrrole nitrogens is 2. The van der Waals surface area contributed by atoms with Crippen molar-refractivity contribution >= 4 is 44.2 Å². The van der Waals surface area contributed by atoms with E-state index >= 15 is 0 Å². The Balaban J connectivity index is 1.21. The second kappa shape index (κ2) is 7.53. The van der Waals surface area contributed by atoms with Gasteiger partial charge in [0.25, 0.3) is 5.56 Å². The van der Waals surface area contributed by atoms with Gasteiger partial charge in [0.1, 0.15) is 10.7 Å². The number of thiophene rings is 1. The van der Waals surface area contributed by atoms with Gasteiger partial charge in [0, 0.05) is 34.0 Å². The molecule has 4 aromatic rings. The molecule has 0 saturated carbocycles. The Morgan fingerprint density at radius 3 is 2.97 bits per heavy atom. The summed E-state index contributed by atoms with van der Waals surface area (Å²) in [5, 5.41) is 1.50. The summed E-state index contributed by atoms with van der Waals surface area (Å²) < 4.78 is 5.15. The number of aryl methyl sites for hydroxylation is 3. The molecule has 0 spiro atoms. The van der Waals surface area contributed by atoms with Crippen LogP contribution in [0, 0.1) is 0 Å². The van der Waals surface area contributed by atoms with Gasteiger partial charge in [0.05, 0.1) is 11.8 Å². The summed E-state index contributed by atoms with van der Waals surface area (Å²) >= 11 is 1.57. The van der Waals surface area contributed by atoms with Crippen molar-refractivity contribution in [3.63, 3.8) is 0 Å². The van der Waals surface area contributed by atoms with E-state index in [1.807, 2.05) is 24.3 Å². The summed E-state index contributed by atoms with van der Waals surface area (Å²) in [5.74, 6) is -0.297. The maximum Gasteiger partial charge on any atom is 0.306 e. The van der Waals surface area contributed by atoms with Crippen molar-refractivity contribution in [2.45, 2.75) is 32.1 Å². The van der Waals surface area contributed by atoms with Crippen molar-refractivity contribution in [1.82, 2.24) is 15.0 Å². The van der Waals surface area contributed by atoms with E-state index in [2.05, 4.69) is 15.0 Å². The number of ether oxygens (including phenoxy) is 1. The number of ketones is 1. The quantitative estimate of drug-likeness (QED) is 0.367. The number of Topliss-reactive ketones (excluding diaryl/α,β-unsaturated/α-hetero) is 1. The summed E-state index contributed by atoms with van der Waals surface area (Å²) in [6, 6.07) is 7.46. The minimum Gasteiger partial charge on any atom is -0.457 e. The molecule has 3 heterocycles. The second-order valence-electron chi connectivity index (χ2n) is 7.38. The zero-order chi connectivity index (χ0) is 20.7. The number of fused-ring (bicyclic) bond motifs is 4. The number of nitrogens with one attached hydrogen (secondary N) is 2. The summed E-state index contributed by atoms with van der Waals surface area (Å²) in [6.45, 7) is -0.318. The van der Waals surface area contributed by atoms with Gasteiger partial charge in [-0.1, -0.05) is 18.2 Å². The number of aromatic nitrogens is 3. The van der Waals surface area contributed by atoms with Crippen molar-refractivity contribution < 1.29 is 14.3 Å². The Morgan fingerprint density at radius 1 is 1.20 bits per heavy atom. The summed E-state index contributed by atoms with van der Waals surface area (Å²) in [7, 11) is 0. The van der Waals surface area contributed by atoms with Gasteiger partial charge in [-0.25, -0.2) is 4.98 Å². The molecular formula is C22H19N3O4S. The topological polar surface area (TPSA) is 105 Å². The Morgan fingerprint density at radius 2 is 2.07 bits per heavy atom. The van der Waals surface area contributed by atoms with Gasteiger partial charge in [-0.3, -0.25) is 14.4 Å². The van der Waals surface area contributed by atoms with E-state index in [1.54, 1.807) is 17.5 Å². The molecule has 8 heteroatoms. The first-order chi connectivity index (χ1) is 14.6. The molecule has 5 rings (SSSR count). The summed E-state index contributed by atoms with van der Waals surface area (Å²) in [6.07, 6.45) is 4.94. The lowest BCUT2D eigenvalue weighted by molar-refractivity contribution is -0.142. The van der Waals surface area contributed by atoms with E-state index in [1.165, 1.54) is 4.88 Å². The van der Waals surface area contributed by atoms with Crippen molar-refractivity contribution in [2.24, 2.45) is 0 Å². The van der Waals surface area contributed by atoms with Crippen LogP contribution in [0.1, 0.15) is 39.5 Å². The van der Waals surface area contributed by atoms with Gasteiger partial charge >= 0.3 is 5.97 Å². The molecule has 1 aromatic carbocycles. The number of benzene rings is 1. The normalized spacial score (nSPS) is 13.1. The maximum absolute atomic E-state index is 12.5. The van der Waals surface area contributed by atoms with E-state index in [4.69, 9.17) is 4.74 Å². The molecule has 0 saturated heterocycles. The SMILES string of the molecule is O=C(CCc1nc2sc3c(c2c(=O)[nH]1)CCC3)OCC(=O)c1c[nH]c2ccccc12. The molecule has 0 unspecified atom stereocenters. The molecule has 0 bridgehead atoms. The number of esters is 1. The number of hydrogen-bond acceptors (Lipinski definition) is 6. The third-order valence-corrected chi connectivity index (χ3v) is 6.63. The van der Waals surface area contributed by atoms with Crippen LogP contribution in [-0.4, -0.2) is 33.3 Å². The standard InChI is InChI=1S/C22H19N3O4S/c26-16(14-10-23-15-6-2-1-4-12(14)15)11-29-19(27)9-8-18-24-21(28)20-13-5-3-7-17(13)30-22(20)25-18/h1-2,4,6,10,23H,3,5,7-9,11H2,(H,24,25,28). The fourth-order valence-corrected chi connectivity index (χ4v) is 5.26. The lowest BCUT2D eigenvalue weighted by Crippen LogP contribution is -2.16. The van der Waals surface area contributed by atoms with Crippen LogP contribution in [0.5, 0.6) is 0 Å². The first-order valence-electron chi connectivity index (χ1n) is 9.88. The minimum absolute atomic E-state index is 0.0424. The molecular weight excluding hydrogens is 402 g/mol. The molecule has 0 aliphatic heterocycles. The van der Waals surface area contributed by atoms with Crippen molar-refractivity contribution in [3.05, 3.63) is 62.6 Å². The number of hydrogen-bond donors (Lipinski definition) is 2. The van der Waals surface area contributed by atoms with Crippen LogP contribution >= 0.6 is 11.3 Å². The third-order valence-electron chi connectivity index (χ3n) is 5.44. The maximum atomic E-state index is 12.5. The number of para-hydroxylation sites is 1. The smallest absolute Gasteiger partial charge is 0.306 e. The van der Waals surface area contributed by atoms with Crippen LogP contribution in [0.3, 0.4) is 0 Å². The van der Waals surface area contributed by atoms with E-state index in [0.717, 1.165) is 40.6 Å². The number of carbonyl (C=O) groups is 2. The second-order valence-corrected chi connectivity index (χ2v) is 8.47. The highest BCUT2D eigenvalue weighted by Gasteiger charge is 2.21. The number of aromatic amines is 2. The molecule has 30 heavy (non-hydrogen) atoms. The molecule has 0 fully saturated rings. The molecule has 0 amide bonds. The van der Waals surface area contributed by atoms with Gasteiger partial charge in [0.15, 0.2) is 6.61 Å². The van der Waals surface area contributed by atoms with Crippen LogP contribution in [0.2, 0.25) is 0 Å². The zero-order valence-corrected chi connectivity index (χ0v) is 16.9. The summed E-state index contributed by atoms with van der Waals surface area (Å²) in [4.78, 5) is 49.3. The van der Waals surface area contributed by atoms with Gasteiger partial charge < -0.3 is 14.7 Å². The van der Waals surface area contributed by atoms with Gasteiger partial charge in [0.2, 0.25) is 5.78 Å². The fourth-order valence-electron chi connectivity index (χ4n) is 3.98. The van der Waals surface area contributed by atoms with Crippen molar-refractivity contribution in [3.8, 4) is 0 Å². The molecule has 3 aromatic heterocycles. The molecule has 152 valence electrons. The molecule has 0 radical (unpaired) electrons. The van der Waals surface area contributed by atoms with E-state index < -0.39 is 5.97 Å². The minimum atomic E-state index is -0.500. The molecule has 1 aliphatic carbocycles. The van der Waals surface area contributed by atoms with Crippen LogP contribution in [-0.2, 0) is 28.8 Å². The van der Waals surface area contributed by atoms with Crippen LogP contribution in [0.25, 0.3) is 21.1 Å². The largest absolute Gasteiger partial charge is 0.457 e. The lowest BCUT2D eigenvalue weighted by Gasteiger charge is -2.04. The first-order valence-corrected chi connectivity index (χ1v) is 10.7. The Kier molecular flexibility index (Phi) is 4.71. The predicted molar refractivity (Wildman–Crippen MR) is 114 cm³/mol. The van der Waals surface area contributed by atoms with Crippen molar-refractivity contribution in [2.75, 3.05) is 6.61 Å². The monoisotopic (exact) mass is 421 g/mol. The molecule has 7 nitrogen and oxygen atoms in total. The number of carbonyl (C=O) groups excluding carboxylic acids is 2. The molecule has 1 aliphatic rings. The predicted octanol–water partition coefficient (Wildman–Crippen LogP) is 3.31. The number of nitrogens with zero attached hydrogens (tertiary/aromatic N) is 1. The Labute approximate surface area is 175 Å². The average molecular weight is 421 g/mol. The van der Waals surface area contributed by atoms with Gasteiger partial charge in [-0.15, -0.1) is 11.3 Å². The Bertz CT molecular complexity index is 1350. The highest BCUT2D eigenvalue weighted by molar-refractivity contribution is 7.18. The highest BCUT2D eigenvalue weighted by atomic mass is 32.1. The van der Waals surface area contributed by atoms with Crippen LogP contribution in [0.4, 0.5) is 0 Å². The number of rotatable bonds is 6. The fraction of sp³-hybridized carbons (Fsp3) is 0.273. The Hall–Kier alpha value is -3.26. The highest BCUT2D eigenvalue weighted by Crippen LogP contribution is 2.34. The summed E-state index contributed by atoms with van der Waals surface area (Å²) in [5.41, 5.74) is 2.35. The van der Waals surface area contributed by atoms with Crippen molar-refractivity contribution in [1.29, 1.82) is 0 Å². The average Bonchev–Trinajstić information content (AvgIpc) is 3.44. The lowest BCUT2D eigenvalue weighted by atomic mass is 10.1. The van der Waals surface area contributed by atoms with E-state index in [0.29, 0.717) is 16.8 Å². The van der Waals surface area contributed by atoms with E-state index in [9.17, 15) is 14.4 Å². The first kappa shape index (κ1) is 18.7. The van der Waals surface area contributed by atoms with Gasteiger partial charge in [-0.05, 0) is 30.9 Å². The van der Waals surface area contributed by atoms with E-state index in [-0.39, 0.29) is 30.8 Å². The van der Waals surface area contributed by atoms with Crippen LogP contribution in [0.15, 0.2) is 35.3 Å². The van der Waals surface area contributed by atoms with Gasteiger partial charge in [-0.2, -0.15) is 0 Å². The molecule has 2 N–H and O–H groups in total.